The first-order chi connectivity index (χ1) is 12.7. The summed E-state index contributed by atoms with van der Waals surface area (Å²) in [5, 5.41) is 3.28. The molecule has 1 N–H and O–H groups in total. The molecule has 1 saturated heterocycles. The Kier molecular flexibility index (Phi) is 7.44. The molecule has 1 aromatic rings. The van der Waals surface area contributed by atoms with E-state index < -0.39 is 0 Å². The number of aromatic nitrogens is 1. The van der Waals surface area contributed by atoms with Crippen LogP contribution in [0, 0.1) is 0 Å². The number of hydrogen-bond donors (Lipinski definition) is 1. The Bertz CT molecular complexity index is 542. The first-order valence-corrected chi connectivity index (χ1v) is 10.3. The molecule has 144 valence electrons. The molecule has 2 fully saturated rings. The van der Waals surface area contributed by atoms with Gasteiger partial charge in [-0.05, 0) is 50.9 Å². The van der Waals surface area contributed by atoms with Gasteiger partial charge in [-0.25, -0.2) is 0 Å². The van der Waals surface area contributed by atoms with Gasteiger partial charge in [-0.1, -0.05) is 31.7 Å². The molecule has 1 aromatic heterocycles. The van der Waals surface area contributed by atoms with E-state index in [9.17, 15) is 4.79 Å². The zero-order valence-electron chi connectivity index (χ0n) is 16.2. The van der Waals surface area contributed by atoms with Gasteiger partial charge in [-0.2, -0.15) is 0 Å². The van der Waals surface area contributed by atoms with Gasteiger partial charge in [0.25, 0.3) is 0 Å². The van der Waals surface area contributed by atoms with Crippen LogP contribution in [0.25, 0.3) is 0 Å². The van der Waals surface area contributed by atoms with E-state index in [-0.39, 0.29) is 5.91 Å². The van der Waals surface area contributed by atoms with Gasteiger partial charge in [0.1, 0.15) is 0 Å². The summed E-state index contributed by atoms with van der Waals surface area (Å²) in [5.74, 6) is 0.143. The molecule has 1 aliphatic carbocycles. The van der Waals surface area contributed by atoms with Gasteiger partial charge in [-0.3, -0.25) is 19.6 Å². The van der Waals surface area contributed by atoms with Crippen molar-refractivity contribution >= 4 is 5.91 Å². The van der Waals surface area contributed by atoms with E-state index in [0.717, 1.165) is 31.1 Å². The van der Waals surface area contributed by atoms with Crippen molar-refractivity contribution in [1.29, 1.82) is 0 Å². The van der Waals surface area contributed by atoms with Gasteiger partial charge >= 0.3 is 0 Å². The lowest BCUT2D eigenvalue weighted by molar-refractivity contribution is -0.123. The Morgan fingerprint density at radius 3 is 2.77 bits per heavy atom. The van der Waals surface area contributed by atoms with Gasteiger partial charge in [0.05, 0.1) is 6.54 Å². The highest BCUT2D eigenvalue weighted by atomic mass is 16.2. The van der Waals surface area contributed by atoms with E-state index in [1.807, 2.05) is 25.4 Å². The number of rotatable bonds is 6. The summed E-state index contributed by atoms with van der Waals surface area (Å²) in [6.07, 6.45) is 14.2. The number of likely N-dealkylation sites (tertiary alicyclic amines) is 1. The minimum Gasteiger partial charge on any atom is -0.351 e. The Morgan fingerprint density at radius 2 is 2.04 bits per heavy atom. The number of nitrogens with zero attached hydrogens (tertiary/aromatic N) is 3. The summed E-state index contributed by atoms with van der Waals surface area (Å²) in [7, 11) is 1.99. The average Bonchev–Trinajstić information content (AvgIpc) is 2.92. The first kappa shape index (κ1) is 19.3. The number of piperidine rings is 1. The molecule has 1 aliphatic heterocycles. The second-order valence-corrected chi connectivity index (χ2v) is 8.08. The summed E-state index contributed by atoms with van der Waals surface area (Å²) < 4.78 is 0. The van der Waals surface area contributed by atoms with Crippen LogP contribution in [0.4, 0.5) is 0 Å². The minimum atomic E-state index is 0.143. The smallest absolute Gasteiger partial charge is 0.234 e. The molecular formula is C21H34N4O. The van der Waals surface area contributed by atoms with Crippen LogP contribution in [-0.2, 0) is 11.3 Å². The van der Waals surface area contributed by atoms with Crippen molar-refractivity contribution in [3.63, 3.8) is 0 Å². The van der Waals surface area contributed by atoms with Crippen LogP contribution in [0.15, 0.2) is 24.5 Å². The minimum absolute atomic E-state index is 0.143. The van der Waals surface area contributed by atoms with Crippen LogP contribution < -0.4 is 5.32 Å². The highest BCUT2D eigenvalue weighted by Gasteiger charge is 2.27. The summed E-state index contributed by atoms with van der Waals surface area (Å²) in [5.41, 5.74) is 1.14. The molecule has 0 radical (unpaired) electrons. The summed E-state index contributed by atoms with van der Waals surface area (Å²) in [6.45, 7) is 3.43. The molecule has 1 amide bonds. The summed E-state index contributed by atoms with van der Waals surface area (Å²) in [4.78, 5) is 21.3. The lowest BCUT2D eigenvalue weighted by Gasteiger charge is -2.38. The monoisotopic (exact) mass is 358 g/mol. The van der Waals surface area contributed by atoms with Crippen molar-refractivity contribution < 1.29 is 4.79 Å². The number of hydrogen-bond acceptors (Lipinski definition) is 4. The number of amides is 1. The van der Waals surface area contributed by atoms with Crippen LogP contribution in [0.2, 0.25) is 0 Å². The summed E-state index contributed by atoms with van der Waals surface area (Å²) >= 11 is 0. The van der Waals surface area contributed by atoms with Gasteiger partial charge in [0.2, 0.25) is 5.91 Å². The molecule has 1 unspecified atom stereocenters. The Morgan fingerprint density at radius 1 is 1.23 bits per heavy atom. The number of nitrogens with one attached hydrogen (secondary N) is 1. The molecule has 5 heteroatoms. The topological polar surface area (TPSA) is 48.5 Å². The molecule has 0 aromatic carbocycles. The maximum atomic E-state index is 12.5. The SMILES string of the molecule is CN(CC(=O)NC1CCCN(C2CCCCCC2)C1)Cc1cccnc1. The predicted molar refractivity (Wildman–Crippen MR) is 105 cm³/mol. The zero-order chi connectivity index (χ0) is 18.2. The Labute approximate surface area is 158 Å². The van der Waals surface area contributed by atoms with Gasteiger partial charge < -0.3 is 5.32 Å². The van der Waals surface area contributed by atoms with Crippen molar-refractivity contribution in [3.05, 3.63) is 30.1 Å². The fraction of sp³-hybridized carbons (Fsp3) is 0.714. The van der Waals surface area contributed by atoms with Crippen molar-refractivity contribution in [3.8, 4) is 0 Å². The van der Waals surface area contributed by atoms with E-state index in [2.05, 4.69) is 20.1 Å². The van der Waals surface area contributed by atoms with E-state index >= 15 is 0 Å². The lowest BCUT2D eigenvalue weighted by Crippen LogP contribution is -2.52. The van der Waals surface area contributed by atoms with Crippen LogP contribution >= 0.6 is 0 Å². The second kappa shape index (κ2) is 10.0. The van der Waals surface area contributed by atoms with Crippen LogP contribution in [-0.4, -0.2) is 59.5 Å². The van der Waals surface area contributed by atoms with Crippen molar-refractivity contribution in [2.45, 2.75) is 70.0 Å². The van der Waals surface area contributed by atoms with Gasteiger partial charge in [0, 0.05) is 37.6 Å². The fourth-order valence-corrected chi connectivity index (χ4v) is 4.46. The molecule has 26 heavy (non-hydrogen) atoms. The van der Waals surface area contributed by atoms with E-state index in [1.165, 1.54) is 51.5 Å². The third kappa shape index (κ3) is 6.06. The van der Waals surface area contributed by atoms with Crippen LogP contribution in [0.1, 0.15) is 56.9 Å². The molecule has 2 aliphatic rings. The molecule has 2 heterocycles. The van der Waals surface area contributed by atoms with E-state index in [0.29, 0.717) is 12.6 Å². The molecule has 1 saturated carbocycles. The number of likely N-dealkylation sites (N-methyl/N-ethyl adjacent to an activating group) is 1. The zero-order valence-corrected chi connectivity index (χ0v) is 16.2. The van der Waals surface area contributed by atoms with E-state index in [4.69, 9.17) is 0 Å². The standard InChI is InChI=1S/C21H34N4O/c1-24(15-18-8-6-12-22-14-18)17-21(26)23-19-9-7-13-25(16-19)20-10-4-2-3-5-11-20/h6,8,12,14,19-20H,2-5,7,9-11,13,15-17H2,1H3,(H,23,26). The third-order valence-corrected chi connectivity index (χ3v) is 5.75. The summed E-state index contributed by atoms with van der Waals surface area (Å²) in [6, 6.07) is 5.04. The maximum absolute atomic E-state index is 12.5. The lowest BCUT2D eigenvalue weighted by atomic mass is 10.00. The van der Waals surface area contributed by atoms with Crippen molar-refractivity contribution in [2.75, 3.05) is 26.7 Å². The Balaban J connectivity index is 1.43. The first-order valence-electron chi connectivity index (χ1n) is 10.3. The normalized spacial score (nSPS) is 22.9. The maximum Gasteiger partial charge on any atom is 0.234 e. The fourth-order valence-electron chi connectivity index (χ4n) is 4.46. The second-order valence-electron chi connectivity index (χ2n) is 8.08. The third-order valence-electron chi connectivity index (χ3n) is 5.75. The quantitative estimate of drug-likeness (QED) is 0.795. The molecule has 1 atom stereocenters. The molecule has 3 rings (SSSR count). The molecule has 5 nitrogen and oxygen atoms in total. The number of pyridine rings is 1. The molecular weight excluding hydrogens is 324 g/mol. The van der Waals surface area contributed by atoms with Crippen LogP contribution in [0.5, 0.6) is 0 Å². The van der Waals surface area contributed by atoms with Crippen molar-refractivity contribution in [2.24, 2.45) is 0 Å². The highest BCUT2D eigenvalue weighted by molar-refractivity contribution is 5.78. The van der Waals surface area contributed by atoms with Crippen LogP contribution in [0.3, 0.4) is 0 Å². The number of carbonyl (C=O) groups excluding carboxylic acids is 1. The number of carbonyl (C=O) groups is 1. The highest BCUT2D eigenvalue weighted by Crippen LogP contribution is 2.24. The van der Waals surface area contributed by atoms with Gasteiger partial charge in [-0.15, -0.1) is 0 Å². The average molecular weight is 359 g/mol. The molecule has 0 bridgehead atoms. The predicted octanol–water partition coefficient (Wildman–Crippen LogP) is 2.82. The van der Waals surface area contributed by atoms with E-state index in [1.54, 1.807) is 6.20 Å². The molecule has 0 spiro atoms. The largest absolute Gasteiger partial charge is 0.351 e. The van der Waals surface area contributed by atoms with Crippen molar-refractivity contribution in [1.82, 2.24) is 20.1 Å². The Hall–Kier alpha value is -1.46. The van der Waals surface area contributed by atoms with Gasteiger partial charge in [0.15, 0.2) is 0 Å².